The highest BCUT2D eigenvalue weighted by molar-refractivity contribution is 5.93. The largest absolute Gasteiger partial charge is 0.453 e. The Morgan fingerprint density at radius 1 is 1.41 bits per heavy atom. The molecule has 1 saturated heterocycles. The summed E-state index contributed by atoms with van der Waals surface area (Å²) in [4.78, 5) is 30.3. The highest BCUT2D eigenvalue weighted by Crippen LogP contribution is 2.54. The first kappa shape index (κ1) is 16.6. The van der Waals surface area contributed by atoms with Gasteiger partial charge in [-0.3, -0.25) is 9.79 Å². The Bertz CT molecular complexity index is 485. The van der Waals surface area contributed by atoms with Gasteiger partial charge in [-0.25, -0.2) is 4.79 Å². The van der Waals surface area contributed by atoms with Gasteiger partial charge in [-0.15, -0.1) is 0 Å². The van der Waals surface area contributed by atoms with Crippen molar-refractivity contribution in [1.82, 2.24) is 10.2 Å². The Morgan fingerprint density at radius 3 is 2.50 bits per heavy atom. The first-order valence-corrected chi connectivity index (χ1v) is 7.70. The number of amides is 2. The van der Waals surface area contributed by atoms with Crippen molar-refractivity contribution in [2.24, 2.45) is 22.1 Å². The number of nitrogens with one attached hydrogen (secondary N) is 1. The predicted molar refractivity (Wildman–Crippen MR) is 83.5 cm³/mol. The lowest BCUT2D eigenvalue weighted by Gasteiger charge is -2.30. The number of carbonyl (C=O) groups is 2. The van der Waals surface area contributed by atoms with Crippen LogP contribution in [0.15, 0.2) is 4.99 Å². The van der Waals surface area contributed by atoms with E-state index in [1.54, 1.807) is 11.9 Å². The first-order chi connectivity index (χ1) is 10.3. The average Bonchev–Trinajstić information content (AvgIpc) is 3.13. The van der Waals surface area contributed by atoms with Gasteiger partial charge in [0.05, 0.1) is 13.2 Å². The van der Waals surface area contributed by atoms with E-state index in [2.05, 4.69) is 15.0 Å². The number of carbonyl (C=O) groups excluding carboxylic acids is 2. The summed E-state index contributed by atoms with van der Waals surface area (Å²) >= 11 is 0. The molecule has 1 aliphatic carbocycles. The van der Waals surface area contributed by atoms with E-state index in [0.717, 1.165) is 19.3 Å². The Labute approximate surface area is 131 Å². The van der Waals surface area contributed by atoms with E-state index in [0.29, 0.717) is 12.4 Å². The van der Waals surface area contributed by atoms with Crippen molar-refractivity contribution < 1.29 is 14.3 Å². The van der Waals surface area contributed by atoms with Crippen LogP contribution in [0.25, 0.3) is 0 Å². The van der Waals surface area contributed by atoms with Crippen LogP contribution in [-0.4, -0.2) is 55.5 Å². The number of hydrogen-bond donors (Lipinski definition) is 2. The maximum Gasteiger partial charge on any atom is 0.407 e. The van der Waals surface area contributed by atoms with E-state index in [-0.39, 0.29) is 23.3 Å². The third kappa shape index (κ3) is 3.18. The number of methoxy groups -OCH3 is 1. The smallest absolute Gasteiger partial charge is 0.407 e. The van der Waals surface area contributed by atoms with Crippen LogP contribution in [0.1, 0.15) is 33.1 Å². The normalized spacial score (nSPS) is 24.5. The first-order valence-electron chi connectivity index (χ1n) is 7.70. The summed E-state index contributed by atoms with van der Waals surface area (Å²) in [5, 5.41) is 2.63. The molecule has 0 aromatic heterocycles. The summed E-state index contributed by atoms with van der Waals surface area (Å²) in [6, 6.07) is -0.783. The molecule has 1 heterocycles. The second-order valence-corrected chi connectivity index (χ2v) is 6.69. The molecule has 2 amide bonds. The van der Waals surface area contributed by atoms with E-state index in [1.807, 2.05) is 13.8 Å². The molecule has 2 unspecified atom stereocenters. The van der Waals surface area contributed by atoms with Gasteiger partial charge < -0.3 is 20.7 Å². The summed E-state index contributed by atoms with van der Waals surface area (Å²) in [6.07, 6.45) is 2.52. The minimum absolute atomic E-state index is 0.0391. The van der Waals surface area contributed by atoms with Crippen LogP contribution in [0, 0.1) is 11.3 Å². The molecule has 1 saturated carbocycles. The maximum atomic E-state index is 12.9. The molecule has 2 fully saturated rings. The summed E-state index contributed by atoms with van der Waals surface area (Å²) in [5.41, 5.74) is 6.21. The van der Waals surface area contributed by atoms with Gasteiger partial charge in [-0.2, -0.15) is 0 Å². The van der Waals surface area contributed by atoms with Gasteiger partial charge in [0, 0.05) is 13.6 Å². The van der Waals surface area contributed by atoms with Crippen molar-refractivity contribution in [2.75, 3.05) is 20.7 Å². The number of nitrogens with two attached hydrogens (primary N) is 1. The number of aliphatic imine (C=N–C) groups is 1. The van der Waals surface area contributed by atoms with Crippen LogP contribution < -0.4 is 11.1 Å². The molecule has 124 valence electrons. The van der Waals surface area contributed by atoms with E-state index in [9.17, 15) is 9.59 Å². The molecule has 7 heteroatoms. The molecule has 2 rings (SSSR count). The quantitative estimate of drug-likeness (QED) is 0.591. The molecule has 2 aliphatic rings. The van der Waals surface area contributed by atoms with E-state index in [1.165, 1.54) is 7.11 Å². The van der Waals surface area contributed by atoms with E-state index < -0.39 is 12.1 Å². The molecular weight excluding hydrogens is 284 g/mol. The number of likely N-dealkylation sites (tertiary alicyclic amines) is 1. The van der Waals surface area contributed by atoms with Crippen molar-refractivity contribution in [1.29, 1.82) is 0 Å². The summed E-state index contributed by atoms with van der Waals surface area (Å²) in [6.45, 7) is 4.49. The second-order valence-electron chi connectivity index (χ2n) is 6.69. The molecule has 0 radical (unpaired) electrons. The third-order valence-corrected chi connectivity index (χ3v) is 4.74. The fourth-order valence-electron chi connectivity index (χ4n) is 3.12. The number of alkyl carbamates (subject to hydrolysis) is 1. The maximum absolute atomic E-state index is 12.9. The van der Waals surface area contributed by atoms with Crippen molar-refractivity contribution in [3.8, 4) is 0 Å². The second kappa shape index (κ2) is 6.14. The van der Waals surface area contributed by atoms with Crippen LogP contribution >= 0.6 is 0 Å². The van der Waals surface area contributed by atoms with Gasteiger partial charge in [0.1, 0.15) is 11.9 Å². The van der Waals surface area contributed by atoms with Crippen LogP contribution in [0.5, 0.6) is 0 Å². The molecular formula is C15H26N4O3. The molecule has 1 spiro atoms. The van der Waals surface area contributed by atoms with E-state index >= 15 is 0 Å². The highest BCUT2D eigenvalue weighted by Gasteiger charge is 2.55. The van der Waals surface area contributed by atoms with Crippen molar-refractivity contribution >= 4 is 17.8 Å². The number of rotatable bonds is 4. The Balaban J connectivity index is 2.18. The molecule has 0 aromatic carbocycles. The summed E-state index contributed by atoms with van der Waals surface area (Å²) in [5.74, 6) is 0.335. The zero-order chi connectivity index (χ0) is 16.5. The highest BCUT2D eigenvalue weighted by atomic mass is 16.5. The van der Waals surface area contributed by atoms with Crippen LogP contribution in [0.2, 0.25) is 0 Å². The zero-order valence-electron chi connectivity index (χ0n) is 13.8. The molecule has 2 atom stereocenters. The minimum atomic E-state index is -0.617. The topological polar surface area (TPSA) is 97.0 Å². The zero-order valence-corrected chi connectivity index (χ0v) is 13.8. The number of amidine groups is 1. The van der Waals surface area contributed by atoms with Gasteiger partial charge in [-0.1, -0.05) is 13.8 Å². The van der Waals surface area contributed by atoms with Gasteiger partial charge in [0.2, 0.25) is 5.91 Å². The van der Waals surface area contributed by atoms with Crippen LogP contribution in [0.4, 0.5) is 4.79 Å². The standard InChI is InChI=1S/C15H26N4O3/c1-9(2)11(18-14(21)22-4)13(20)19-8-15(5-6-15)7-10(19)12(16)17-3/h9-11H,5-8H2,1-4H3,(H2,16,17)(H,18,21). The van der Waals surface area contributed by atoms with Gasteiger partial charge in [0.15, 0.2) is 0 Å². The lowest BCUT2D eigenvalue weighted by Crippen LogP contribution is -2.54. The Hall–Kier alpha value is -1.79. The lowest BCUT2D eigenvalue weighted by molar-refractivity contribution is -0.134. The van der Waals surface area contributed by atoms with Crippen LogP contribution in [-0.2, 0) is 9.53 Å². The number of hydrogen-bond acceptors (Lipinski definition) is 4. The number of ether oxygens (including phenoxy) is 1. The van der Waals surface area contributed by atoms with Crippen molar-refractivity contribution in [2.45, 2.75) is 45.2 Å². The third-order valence-electron chi connectivity index (χ3n) is 4.74. The van der Waals surface area contributed by atoms with E-state index in [4.69, 9.17) is 5.73 Å². The Morgan fingerprint density at radius 2 is 2.05 bits per heavy atom. The molecule has 3 N–H and O–H groups in total. The fourth-order valence-corrected chi connectivity index (χ4v) is 3.12. The molecule has 22 heavy (non-hydrogen) atoms. The van der Waals surface area contributed by atoms with Crippen molar-refractivity contribution in [3.63, 3.8) is 0 Å². The predicted octanol–water partition coefficient (Wildman–Crippen LogP) is 0.735. The lowest BCUT2D eigenvalue weighted by atomic mass is 10.0. The van der Waals surface area contributed by atoms with Crippen molar-refractivity contribution in [3.05, 3.63) is 0 Å². The Kier molecular flexibility index (Phi) is 4.63. The molecule has 0 aromatic rings. The molecule has 7 nitrogen and oxygen atoms in total. The summed E-state index contributed by atoms with van der Waals surface area (Å²) in [7, 11) is 2.93. The minimum Gasteiger partial charge on any atom is -0.453 e. The molecule has 0 bridgehead atoms. The monoisotopic (exact) mass is 310 g/mol. The molecule has 1 aliphatic heterocycles. The van der Waals surface area contributed by atoms with Crippen LogP contribution in [0.3, 0.4) is 0 Å². The van der Waals surface area contributed by atoms with Gasteiger partial charge in [-0.05, 0) is 30.6 Å². The average molecular weight is 310 g/mol. The van der Waals surface area contributed by atoms with Gasteiger partial charge >= 0.3 is 6.09 Å². The summed E-state index contributed by atoms with van der Waals surface area (Å²) < 4.78 is 4.62. The fraction of sp³-hybridized carbons (Fsp3) is 0.800. The number of nitrogens with zero attached hydrogens (tertiary/aromatic N) is 2. The SMILES string of the molecule is C/N=C(\N)C1CC2(CC2)CN1C(=O)C(NC(=O)OC)C(C)C. The van der Waals surface area contributed by atoms with Gasteiger partial charge in [0.25, 0.3) is 0 Å².